The van der Waals surface area contributed by atoms with Crippen LogP contribution >= 0.6 is 11.8 Å². The van der Waals surface area contributed by atoms with Gasteiger partial charge in [-0.3, -0.25) is 9.69 Å². The van der Waals surface area contributed by atoms with Crippen LogP contribution in [-0.4, -0.2) is 30.7 Å². The summed E-state index contributed by atoms with van der Waals surface area (Å²) in [6.45, 7) is 3.25. The van der Waals surface area contributed by atoms with Gasteiger partial charge in [0, 0.05) is 17.1 Å². The van der Waals surface area contributed by atoms with Crippen molar-refractivity contribution in [2.45, 2.75) is 24.8 Å². The molecule has 0 aliphatic carbocycles. The van der Waals surface area contributed by atoms with E-state index in [9.17, 15) is 4.79 Å². The summed E-state index contributed by atoms with van der Waals surface area (Å²) in [5.74, 6) is 0.0116. The molecule has 2 rings (SSSR count). The summed E-state index contributed by atoms with van der Waals surface area (Å²) in [5.41, 5.74) is 3.34. The standard InChI is InChI=1S/C19H24N2OS/c1-4-15-5-9-17(10-6-15)20-19(22)14-21(2)13-16-7-11-18(23-3)12-8-16/h5-12H,4,13-14H2,1-3H3,(H,20,22). The van der Waals surface area contributed by atoms with Gasteiger partial charge in [0.2, 0.25) is 5.91 Å². The van der Waals surface area contributed by atoms with Crippen LogP contribution in [-0.2, 0) is 17.8 Å². The number of nitrogens with zero attached hydrogens (tertiary/aromatic N) is 1. The summed E-state index contributed by atoms with van der Waals surface area (Å²) in [5, 5.41) is 2.94. The lowest BCUT2D eigenvalue weighted by molar-refractivity contribution is -0.117. The van der Waals surface area contributed by atoms with Gasteiger partial charge in [0.15, 0.2) is 0 Å². The highest BCUT2D eigenvalue weighted by Crippen LogP contribution is 2.15. The predicted molar refractivity (Wildman–Crippen MR) is 99.0 cm³/mol. The summed E-state index contributed by atoms with van der Waals surface area (Å²) in [4.78, 5) is 15.4. The number of hydrogen-bond acceptors (Lipinski definition) is 3. The number of nitrogens with one attached hydrogen (secondary N) is 1. The SMILES string of the molecule is CCc1ccc(NC(=O)CN(C)Cc2ccc(SC)cc2)cc1. The minimum atomic E-state index is 0.0116. The molecule has 0 saturated heterocycles. The van der Waals surface area contributed by atoms with Crippen molar-refractivity contribution in [3.63, 3.8) is 0 Å². The molecule has 1 N–H and O–H groups in total. The van der Waals surface area contributed by atoms with Crippen molar-refractivity contribution in [1.82, 2.24) is 4.90 Å². The smallest absolute Gasteiger partial charge is 0.238 e. The van der Waals surface area contributed by atoms with Gasteiger partial charge < -0.3 is 5.32 Å². The van der Waals surface area contributed by atoms with Crippen LogP contribution in [0.25, 0.3) is 0 Å². The Morgan fingerprint density at radius 3 is 2.22 bits per heavy atom. The maximum Gasteiger partial charge on any atom is 0.238 e. The number of carbonyl (C=O) groups is 1. The maximum absolute atomic E-state index is 12.1. The Kier molecular flexibility index (Phi) is 6.68. The van der Waals surface area contributed by atoms with Gasteiger partial charge in [-0.2, -0.15) is 0 Å². The third-order valence-corrected chi connectivity index (χ3v) is 4.41. The van der Waals surface area contributed by atoms with Crippen LogP contribution in [0.1, 0.15) is 18.1 Å². The molecule has 0 aliphatic rings. The normalized spacial score (nSPS) is 10.8. The van der Waals surface area contributed by atoms with Gasteiger partial charge in [-0.05, 0) is 55.1 Å². The van der Waals surface area contributed by atoms with Gasteiger partial charge in [-0.1, -0.05) is 31.2 Å². The van der Waals surface area contributed by atoms with Crippen LogP contribution in [0.2, 0.25) is 0 Å². The summed E-state index contributed by atoms with van der Waals surface area (Å²) in [6.07, 6.45) is 3.07. The first kappa shape index (κ1) is 17.6. The molecule has 2 aromatic rings. The lowest BCUT2D eigenvalue weighted by Gasteiger charge is -2.16. The van der Waals surface area contributed by atoms with Gasteiger partial charge in [-0.15, -0.1) is 11.8 Å². The Morgan fingerprint density at radius 1 is 1.04 bits per heavy atom. The molecule has 23 heavy (non-hydrogen) atoms. The Hall–Kier alpha value is -1.78. The average molecular weight is 328 g/mol. The third kappa shape index (κ3) is 5.73. The molecule has 0 atom stereocenters. The minimum absolute atomic E-state index is 0.0116. The Bertz CT molecular complexity index is 623. The minimum Gasteiger partial charge on any atom is -0.325 e. The molecule has 0 saturated carbocycles. The fourth-order valence-corrected chi connectivity index (χ4v) is 2.78. The second kappa shape index (κ2) is 8.75. The molecule has 2 aromatic carbocycles. The molecule has 0 heterocycles. The summed E-state index contributed by atoms with van der Waals surface area (Å²) in [7, 11) is 1.96. The van der Waals surface area contributed by atoms with E-state index in [4.69, 9.17) is 0 Å². The number of rotatable bonds is 7. The van der Waals surface area contributed by atoms with Crippen molar-refractivity contribution < 1.29 is 4.79 Å². The molecule has 0 bridgehead atoms. The van der Waals surface area contributed by atoms with Crippen molar-refractivity contribution in [3.05, 3.63) is 59.7 Å². The fraction of sp³-hybridized carbons (Fsp3) is 0.316. The Morgan fingerprint density at radius 2 is 1.65 bits per heavy atom. The van der Waals surface area contributed by atoms with Crippen molar-refractivity contribution in [3.8, 4) is 0 Å². The van der Waals surface area contributed by atoms with Crippen molar-refractivity contribution >= 4 is 23.4 Å². The summed E-state index contributed by atoms with van der Waals surface area (Å²) < 4.78 is 0. The number of aryl methyl sites for hydroxylation is 1. The van der Waals surface area contributed by atoms with E-state index in [1.807, 2.05) is 36.2 Å². The van der Waals surface area contributed by atoms with Crippen LogP contribution in [0.15, 0.2) is 53.4 Å². The van der Waals surface area contributed by atoms with Crippen molar-refractivity contribution in [2.24, 2.45) is 0 Å². The molecule has 0 unspecified atom stereocenters. The maximum atomic E-state index is 12.1. The van der Waals surface area contributed by atoms with Gasteiger partial charge in [-0.25, -0.2) is 0 Å². The van der Waals surface area contributed by atoms with Gasteiger partial charge in [0.1, 0.15) is 0 Å². The molecule has 4 heteroatoms. The highest BCUT2D eigenvalue weighted by molar-refractivity contribution is 7.98. The molecular weight excluding hydrogens is 304 g/mol. The van der Waals surface area contributed by atoms with Crippen LogP contribution in [0.4, 0.5) is 5.69 Å². The molecule has 0 aliphatic heterocycles. The average Bonchev–Trinajstić information content (AvgIpc) is 2.56. The first-order valence-corrected chi connectivity index (χ1v) is 9.03. The number of thioether (sulfide) groups is 1. The largest absolute Gasteiger partial charge is 0.325 e. The number of likely N-dealkylation sites (N-methyl/N-ethyl adjacent to an activating group) is 1. The monoisotopic (exact) mass is 328 g/mol. The van der Waals surface area contributed by atoms with Crippen molar-refractivity contribution in [2.75, 3.05) is 25.2 Å². The number of carbonyl (C=O) groups excluding carboxylic acids is 1. The summed E-state index contributed by atoms with van der Waals surface area (Å²) >= 11 is 1.73. The number of benzene rings is 2. The van der Waals surface area contributed by atoms with Crippen LogP contribution < -0.4 is 5.32 Å². The lowest BCUT2D eigenvalue weighted by atomic mass is 10.1. The molecular formula is C19H24N2OS. The molecule has 1 amide bonds. The van der Waals surface area contributed by atoms with E-state index in [0.717, 1.165) is 18.7 Å². The Balaban J connectivity index is 1.83. The van der Waals surface area contributed by atoms with E-state index in [-0.39, 0.29) is 5.91 Å². The fourth-order valence-electron chi connectivity index (χ4n) is 2.37. The lowest BCUT2D eigenvalue weighted by Crippen LogP contribution is -2.29. The first-order valence-electron chi connectivity index (χ1n) is 7.81. The third-order valence-electron chi connectivity index (χ3n) is 3.67. The predicted octanol–water partition coefficient (Wildman–Crippen LogP) is 4.04. The second-order valence-corrected chi connectivity index (χ2v) is 6.50. The Labute approximate surface area is 143 Å². The highest BCUT2D eigenvalue weighted by Gasteiger charge is 2.07. The second-order valence-electron chi connectivity index (χ2n) is 5.62. The van der Waals surface area contributed by atoms with Gasteiger partial charge in [0.05, 0.1) is 6.54 Å². The van der Waals surface area contributed by atoms with E-state index in [2.05, 4.69) is 42.8 Å². The molecule has 0 radical (unpaired) electrons. The quantitative estimate of drug-likeness (QED) is 0.779. The van der Waals surface area contributed by atoms with E-state index >= 15 is 0 Å². The van der Waals surface area contributed by atoms with Crippen LogP contribution in [0.5, 0.6) is 0 Å². The zero-order valence-electron chi connectivity index (χ0n) is 14.0. The number of hydrogen-bond donors (Lipinski definition) is 1. The van der Waals surface area contributed by atoms with E-state index in [1.165, 1.54) is 16.0 Å². The topological polar surface area (TPSA) is 32.3 Å². The molecule has 122 valence electrons. The van der Waals surface area contributed by atoms with Crippen molar-refractivity contribution in [1.29, 1.82) is 0 Å². The molecule has 0 spiro atoms. The van der Waals surface area contributed by atoms with Crippen LogP contribution in [0, 0.1) is 0 Å². The van der Waals surface area contributed by atoms with Gasteiger partial charge >= 0.3 is 0 Å². The van der Waals surface area contributed by atoms with E-state index in [1.54, 1.807) is 11.8 Å². The summed E-state index contributed by atoms with van der Waals surface area (Å²) in [6, 6.07) is 16.5. The molecule has 3 nitrogen and oxygen atoms in total. The first-order chi connectivity index (χ1) is 11.1. The molecule has 0 fully saturated rings. The van der Waals surface area contributed by atoms with E-state index in [0.29, 0.717) is 6.54 Å². The van der Waals surface area contributed by atoms with E-state index < -0.39 is 0 Å². The number of anilines is 1. The van der Waals surface area contributed by atoms with Crippen LogP contribution in [0.3, 0.4) is 0 Å². The molecule has 0 aromatic heterocycles. The zero-order valence-corrected chi connectivity index (χ0v) is 14.8. The highest BCUT2D eigenvalue weighted by atomic mass is 32.2. The number of amides is 1. The van der Waals surface area contributed by atoms with Gasteiger partial charge in [0.25, 0.3) is 0 Å². The zero-order chi connectivity index (χ0) is 16.7.